The van der Waals surface area contributed by atoms with Gasteiger partial charge < -0.3 is 10.8 Å². The number of anilines is 1. The Kier molecular flexibility index (Phi) is 3.53. The summed E-state index contributed by atoms with van der Waals surface area (Å²) in [5.74, 6) is -1.44. The van der Waals surface area contributed by atoms with Crippen LogP contribution in [0.25, 0.3) is 0 Å². The van der Waals surface area contributed by atoms with Crippen molar-refractivity contribution >= 4 is 23.4 Å². The number of nitrogens with two attached hydrogens (primary N) is 1. The van der Waals surface area contributed by atoms with E-state index in [1.165, 1.54) is 23.6 Å². The normalized spacial score (nSPS) is 10.6. The minimum atomic E-state index is -1.03. The van der Waals surface area contributed by atoms with Gasteiger partial charge >= 0.3 is 5.97 Å². The summed E-state index contributed by atoms with van der Waals surface area (Å²) >= 11 is 1.13. The van der Waals surface area contributed by atoms with Crippen LogP contribution in [0, 0.1) is 5.82 Å². The van der Waals surface area contributed by atoms with Crippen molar-refractivity contribution in [3.8, 4) is 0 Å². The van der Waals surface area contributed by atoms with E-state index in [9.17, 15) is 9.18 Å². The minimum Gasteiger partial charge on any atom is -0.478 e. The first-order valence-electron chi connectivity index (χ1n) is 3.71. The molecule has 0 saturated heterocycles. The third-order valence-corrected chi connectivity index (χ3v) is 2.28. The summed E-state index contributed by atoms with van der Waals surface area (Å²) in [5, 5.41) is 9.69. The molecule has 3 nitrogen and oxygen atoms in total. The largest absolute Gasteiger partial charge is 0.478 e. The maximum atomic E-state index is 12.6. The summed E-state index contributed by atoms with van der Waals surface area (Å²) < 4.78 is 12.6. The molecule has 0 saturated carbocycles. The fourth-order valence-corrected chi connectivity index (χ4v) is 1.46. The second-order valence-corrected chi connectivity index (χ2v) is 3.39. The van der Waals surface area contributed by atoms with Crippen LogP contribution in [-0.4, -0.2) is 11.1 Å². The molecule has 0 bridgehead atoms. The number of hydrogen-bond acceptors (Lipinski definition) is 3. The first kappa shape index (κ1) is 10.6. The molecule has 0 spiro atoms. The van der Waals surface area contributed by atoms with Crippen molar-refractivity contribution in [3.05, 3.63) is 35.5 Å². The van der Waals surface area contributed by atoms with E-state index in [1.807, 2.05) is 0 Å². The molecule has 0 unspecified atom stereocenters. The predicted octanol–water partition coefficient (Wildman–Crippen LogP) is 2.10. The fourth-order valence-electron chi connectivity index (χ4n) is 0.792. The maximum absolute atomic E-state index is 12.6. The zero-order valence-electron chi connectivity index (χ0n) is 7.11. The Hall–Kier alpha value is -1.49. The van der Waals surface area contributed by atoms with Crippen LogP contribution < -0.4 is 5.73 Å². The minimum absolute atomic E-state index is 0.296. The summed E-state index contributed by atoms with van der Waals surface area (Å²) in [4.78, 5) is 10.8. The van der Waals surface area contributed by atoms with Gasteiger partial charge in [0.1, 0.15) is 5.82 Å². The van der Waals surface area contributed by atoms with Crippen LogP contribution >= 0.6 is 11.8 Å². The lowest BCUT2D eigenvalue weighted by molar-refractivity contribution is -0.131. The molecule has 74 valence electrons. The van der Waals surface area contributed by atoms with Crippen molar-refractivity contribution in [2.45, 2.75) is 4.90 Å². The number of hydrogen-bond donors (Lipinski definition) is 2. The Bertz CT molecular complexity index is 379. The lowest BCUT2D eigenvalue weighted by Gasteiger charge is -2.00. The van der Waals surface area contributed by atoms with Gasteiger partial charge in [0.15, 0.2) is 0 Å². The van der Waals surface area contributed by atoms with Crippen LogP contribution in [-0.2, 0) is 4.79 Å². The van der Waals surface area contributed by atoms with Crippen molar-refractivity contribution in [3.63, 3.8) is 0 Å². The van der Waals surface area contributed by atoms with E-state index >= 15 is 0 Å². The average Bonchev–Trinajstić information content (AvgIpc) is 2.08. The molecule has 3 N–H and O–H groups in total. The lowest BCUT2D eigenvalue weighted by Crippen LogP contribution is -1.89. The Morgan fingerprint density at radius 1 is 1.57 bits per heavy atom. The van der Waals surface area contributed by atoms with Crippen molar-refractivity contribution < 1.29 is 14.3 Å². The number of nitrogen functional groups attached to an aromatic ring is 1. The van der Waals surface area contributed by atoms with Gasteiger partial charge in [0.2, 0.25) is 0 Å². The molecule has 14 heavy (non-hydrogen) atoms. The quantitative estimate of drug-likeness (QED) is 0.458. The smallest absolute Gasteiger partial charge is 0.328 e. The van der Waals surface area contributed by atoms with Crippen molar-refractivity contribution in [1.29, 1.82) is 0 Å². The molecule has 0 aliphatic rings. The van der Waals surface area contributed by atoms with Gasteiger partial charge in [-0.3, -0.25) is 0 Å². The molecule has 1 aromatic rings. The molecule has 0 radical (unpaired) electrons. The number of thioether (sulfide) groups is 1. The Labute approximate surface area is 84.4 Å². The van der Waals surface area contributed by atoms with Crippen molar-refractivity contribution in [1.82, 2.24) is 0 Å². The van der Waals surface area contributed by atoms with E-state index in [4.69, 9.17) is 10.8 Å². The Morgan fingerprint density at radius 3 is 2.86 bits per heavy atom. The molecule has 0 aliphatic carbocycles. The monoisotopic (exact) mass is 213 g/mol. The molecule has 0 heterocycles. The van der Waals surface area contributed by atoms with Crippen LogP contribution in [0.3, 0.4) is 0 Å². The summed E-state index contributed by atoms with van der Waals surface area (Å²) in [6.45, 7) is 0. The van der Waals surface area contributed by atoms with E-state index in [0.29, 0.717) is 10.6 Å². The van der Waals surface area contributed by atoms with Crippen LogP contribution in [0.5, 0.6) is 0 Å². The average molecular weight is 213 g/mol. The standard InChI is InChI=1S/C9H8FNO2S/c10-6-1-2-8(7(11)5-6)14-4-3-9(12)13/h1-5H,11H2,(H,12,13). The Morgan fingerprint density at radius 2 is 2.29 bits per heavy atom. The van der Waals surface area contributed by atoms with Crippen molar-refractivity contribution in [2.75, 3.05) is 5.73 Å². The van der Waals surface area contributed by atoms with E-state index in [2.05, 4.69) is 0 Å². The van der Waals surface area contributed by atoms with E-state index < -0.39 is 11.8 Å². The van der Waals surface area contributed by atoms with Crippen LogP contribution in [0.1, 0.15) is 0 Å². The number of carbonyl (C=O) groups is 1. The topological polar surface area (TPSA) is 63.3 Å². The highest BCUT2D eigenvalue weighted by Gasteiger charge is 1.99. The van der Waals surface area contributed by atoms with Crippen molar-refractivity contribution in [2.24, 2.45) is 0 Å². The van der Waals surface area contributed by atoms with Crippen LogP contribution in [0.15, 0.2) is 34.6 Å². The van der Waals surface area contributed by atoms with E-state index in [0.717, 1.165) is 17.8 Å². The van der Waals surface area contributed by atoms with Gasteiger partial charge in [0, 0.05) is 16.7 Å². The molecular weight excluding hydrogens is 205 g/mol. The molecule has 0 amide bonds. The van der Waals surface area contributed by atoms with Crippen LogP contribution in [0.2, 0.25) is 0 Å². The van der Waals surface area contributed by atoms with Gasteiger partial charge in [-0.1, -0.05) is 11.8 Å². The number of carboxylic acids is 1. The SMILES string of the molecule is Nc1cc(F)ccc1SC=CC(=O)O. The zero-order valence-corrected chi connectivity index (χ0v) is 7.92. The molecule has 0 aromatic heterocycles. The Balaban J connectivity index is 2.73. The van der Waals surface area contributed by atoms with Gasteiger partial charge in [-0.2, -0.15) is 0 Å². The number of halogens is 1. The maximum Gasteiger partial charge on any atom is 0.328 e. The number of rotatable bonds is 3. The van der Waals surface area contributed by atoms with Gasteiger partial charge in [0.25, 0.3) is 0 Å². The van der Waals surface area contributed by atoms with Crippen LogP contribution in [0.4, 0.5) is 10.1 Å². The number of benzene rings is 1. The fraction of sp³-hybridized carbons (Fsp3) is 0. The molecule has 5 heteroatoms. The molecule has 0 atom stereocenters. The zero-order chi connectivity index (χ0) is 10.6. The summed E-state index contributed by atoms with van der Waals surface area (Å²) in [7, 11) is 0. The predicted molar refractivity (Wildman–Crippen MR) is 53.4 cm³/mol. The lowest BCUT2D eigenvalue weighted by atomic mass is 10.3. The highest BCUT2D eigenvalue weighted by Crippen LogP contribution is 2.26. The molecule has 1 rings (SSSR count). The highest BCUT2D eigenvalue weighted by atomic mass is 32.2. The number of aliphatic carboxylic acids is 1. The number of carboxylic acid groups (broad SMARTS) is 1. The third-order valence-electron chi connectivity index (χ3n) is 1.38. The van der Waals surface area contributed by atoms with E-state index in [1.54, 1.807) is 0 Å². The first-order chi connectivity index (χ1) is 6.59. The first-order valence-corrected chi connectivity index (χ1v) is 4.58. The summed E-state index contributed by atoms with van der Waals surface area (Å²) in [5.41, 5.74) is 5.79. The van der Waals surface area contributed by atoms with Gasteiger partial charge in [-0.15, -0.1) is 0 Å². The molecule has 1 aromatic carbocycles. The van der Waals surface area contributed by atoms with Gasteiger partial charge in [-0.25, -0.2) is 9.18 Å². The molecular formula is C9H8FNO2S. The third kappa shape index (κ3) is 3.10. The van der Waals surface area contributed by atoms with Gasteiger partial charge in [0.05, 0.1) is 0 Å². The second-order valence-electron chi connectivity index (χ2n) is 2.44. The van der Waals surface area contributed by atoms with Gasteiger partial charge in [-0.05, 0) is 23.6 Å². The second kappa shape index (κ2) is 4.66. The van der Waals surface area contributed by atoms with E-state index in [-0.39, 0.29) is 0 Å². The highest BCUT2D eigenvalue weighted by molar-refractivity contribution is 8.02. The summed E-state index contributed by atoms with van der Waals surface area (Å²) in [6.07, 6.45) is 0.994. The molecule has 0 aliphatic heterocycles. The molecule has 0 fully saturated rings. The summed E-state index contributed by atoms with van der Waals surface area (Å²) in [6, 6.07) is 3.96.